The fourth-order valence-electron chi connectivity index (χ4n) is 2.02. The van der Waals surface area contributed by atoms with E-state index >= 15 is 0 Å². The van der Waals surface area contributed by atoms with E-state index in [1.165, 1.54) is 0 Å². The molecule has 1 rings (SSSR count). The van der Waals surface area contributed by atoms with Gasteiger partial charge in [0, 0.05) is 13.1 Å². The highest BCUT2D eigenvalue weighted by atomic mass is 127. The van der Waals surface area contributed by atoms with Gasteiger partial charge in [-0.25, -0.2) is 0 Å². The molecule has 1 atom stereocenters. The molecule has 1 unspecified atom stereocenters. The summed E-state index contributed by atoms with van der Waals surface area (Å²) in [6, 6.07) is 1.91. The summed E-state index contributed by atoms with van der Waals surface area (Å²) >= 11 is 1.55. The molecule has 0 aromatic carbocycles. The Morgan fingerprint density at radius 2 is 1.84 bits per heavy atom. The minimum absolute atomic E-state index is 0. The molecule has 0 saturated carbocycles. The Balaban J connectivity index is 0.00000576. The molecule has 4 N–H and O–H groups in total. The van der Waals surface area contributed by atoms with Crippen LogP contribution in [0.3, 0.4) is 0 Å². The maximum atomic E-state index is 12.0. The molecule has 1 aromatic rings. The number of rotatable bonds is 8. The number of aliphatic imine (C=N–C) groups is 1. The van der Waals surface area contributed by atoms with Gasteiger partial charge in [0.25, 0.3) is 0 Å². The first kappa shape index (κ1) is 24.1. The Morgan fingerprint density at radius 1 is 1.20 bits per heavy atom. The SMILES string of the molecule is CCNC(=O)C(C)(C)CN=C(NCC)NCC(C)(O)c1ccsc1.I. The van der Waals surface area contributed by atoms with Crippen molar-refractivity contribution in [3.63, 3.8) is 0 Å². The summed E-state index contributed by atoms with van der Waals surface area (Å²) in [5.41, 5.74) is -0.696. The van der Waals surface area contributed by atoms with Gasteiger partial charge in [0.2, 0.25) is 5.91 Å². The smallest absolute Gasteiger partial charge is 0.227 e. The van der Waals surface area contributed by atoms with Crippen LogP contribution in [0.4, 0.5) is 0 Å². The molecule has 144 valence electrons. The van der Waals surface area contributed by atoms with E-state index in [-0.39, 0.29) is 29.9 Å². The number of hydrogen-bond acceptors (Lipinski definition) is 4. The van der Waals surface area contributed by atoms with Crippen molar-refractivity contribution in [2.75, 3.05) is 26.2 Å². The zero-order valence-corrected chi connectivity index (χ0v) is 18.8. The summed E-state index contributed by atoms with van der Waals surface area (Å²) in [5.74, 6) is 0.570. The van der Waals surface area contributed by atoms with Crippen LogP contribution >= 0.6 is 35.3 Å². The monoisotopic (exact) mass is 482 g/mol. The molecule has 0 aliphatic carbocycles. The second-order valence-electron chi connectivity index (χ2n) is 6.58. The van der Waals surface area contributed by atoms with E-state index in [4.69, 9.17) is 0 Å². The highest BCUT2D eigenvalue weighted by Gasteiger charge is 2.27. The van der Waals surface area contributed by atoms with Crippen LogP contribution in [-0.2, 0) is 10.4 Å². The van der Waals surface area contributed by atoms with Gasteiger partial charge in [0.15, 0.2) is 5.96 Å². The first-order valence-electron chi connectivity index (χ1n) is 8.28. The second kappa shape index (κ2) is 11.0. The van der Waals surface area contributed by atoms with Crippen LogP contribution in [0.1, 0.15) is 40.2 Å². The fourth-order valence-corrected chi connectivity index (χ4v) is 2.80. The number of guanidine groups is 1. The van der Waals surface area contributed by atoms with Gasteiger partial charge < -0.3 is 21.1 Å². The lowest BCUT2D eigenvalue weighted by atomic mass is 9.92. The minimum Gasteiger partial charge on any atom is -0.384 e. The van der Waals surface area contributed by atoms with Crippen LogP contribution in [0, 0.1) is 5.41 Å². The van der Waals surface area contributed by atoms with Crippen molar-refractivity contribution in [2.24, 2.45) is 10.4 Å². The molecule has 1 aromatic heterocycles. The molecule has 6 nitrogen and oxygen atoms in total. The predicted octanol–water partition coefficient (Wildman–Crippen LogP) is 2.29. The molecular formula is C17H31IN4O2S. The van der Waals surface area contributed by atoms with E-state index in [0.717, 1.165) is 5.56 Å². The molecular weight excluding hydrogens is 451 g/mol. The molecule has 0 spiro atoms. The number of carbonyl (C=O) groups excluding carboxylic acids is 1. The standard InChI is InChI=1S/C17H30N4O2S.HI/c1-6-18-14(22)16(3,4)11-20-15(19-7-2)21-12-17(5,23)13-8-9-24-10-13;/h8-10,23H,6-7,11-12H2,1-5H3,(H,18,22)(H2,19,20,21);1H. The van der Waals surface area contributed by atoms with Gasteiger partial charge in [0.05, 0.1) is 18.5 Å². The number of aliphatic hydroxyl groups is 1. The molecule has 0 radical (unpaired) electrons. The summed E-state index contributed by atoms with van der Waals surface area (Å²) in [6.07, 6.45) is 0. The summed E-state index contributed by atoms with van der Waals surface area (Å²) in [5, 5.41) is 23.6. The summed E-state index contributed by atoms with van der Waals surface area (Å²) in [4.78, 5) is 16.5. The van der Waals surface area contributed by atoms with Crippen molar-refractivity contribution in [1.29, 1.82) is 0 Å². The minimum atomic E-state index is -0.981. The van der Waals surface area contributed by atoms with Crippen molar-refractivity contribution in [3.05, 3.63) is 22.4 Å². The maximum Gasteiger partial charge on any atom is 0.227 e. The van der Waals surface area contributed by atoms with E-state index < -0.39 is 11.0 Å². The molecule has 0 fully saturated rings. The van der Waals surface area contributed by atoms with Gasteiger partial charge in [-0.05, 0) is 57.0 Å². The van der Waals surface area contributed by atoms with E-state index in [1.54, 1.807) is 18.3 Å². The average molecular weight is 482 g/mol. The number of halogens is 1. The maximum absolute atomic E-state index is 12.0. The lowest BCUT2D eigenvalue weighted by molar-refractivity contribution is -0.128. The molecule has 8 heteroatoms. The number of carbonyl (C=O) groups is 1. The van der Waals surface area contributed by atoms with Crippen LogP contribution in [0.25, 0.3) is 0 Å². The molecule has 25 heavy (non-hydrogen) atoms. The third-order valence-electron chi connectivity index (χ3n) is 3.67. The van der Waals surface area contributed by atoms with Crippen LogP contribution in [0.15, 0.2) is 21.8 Å². The Hall–Kier alpha value is -0.870. The highest BCUT2D eigenvalue weighted by Crippen LogP contribution is 2.22. The van der Waals surface area contributed by atoms with Gasteiger partial charge in [0.1, 0.15) is 5.60 Å². The van der Waals surface area contributed by atoms with Crippen molar-refractivity contribution < 1.29 is 9.90 Å². The third kappa shape index (κ3) is 7.91. The number of hydrogen-bond donors (Lipinski definition) is 4. The first-order chi connectivity index (χ1) is 11.2. The van der Waals surface area contributed by atoms with Crippen LogP contribution in [0.5, 0.6) is 0 Å². The number of amides is 1. The molecule has 0 bridgehead atoms. The summed E-state index contributed by atoms with van der Waals surface area (Å²) in [6.45, 7) is 11.4. The van der Waals surface area contributed by atoms with Gasteiger partial charge in [-0.2, -0.15) is 11.3 Å². The van der Waals surface area contributed by atoms with Crippen LogP contribution in [-0.4, -0.2) is 43.2 Å². The zero-order valence-electron chi connectivity index (χ0n) is 15.7. The average Bonchev–Trinajstić information content (AvgIpc) is 3.05. The predicted molar refractivity (Wildman–Crippen MR) is 116 cm³/mol. The van der Waals surface area contributed by atoms with Gasteiger partial charge >= 0.3 is 0 Å². The fraction of sp³-hybridized carbons (Fsp3) is 0.647. The lowest BCUT2D eigenvalue weighted by Gasteiger charge is -2.25. The lowest BCUT2D eigenvalue weighted by Crippen LogP contribution is -2.45. The summed E-state index contributed by atoms with van der Waals surface area (Å²) < 4.78 is 0. The normalized spacial score (nSPS) is 14.2. The van der Waals surface area contributed by atoms with E-state index in [0.29, 0.717) is 32.1 Å². The highest BCUT2D eigenvalue weighted by molar-refractivity contribution is 14.0. The largest absolute Gasteiger partial charge is 0.384 e. The van der Waals surface area contributed by atoms with E-state index in [1.807, 2.05) is 44.5 Å². The van der Waals surface area contributed by atoms with Gasteiger partial charge in [-0.1, -0.05) is 0 Å². The molecule has 1 heterocycles. The second-order valence-corrected chi connectivity index (χ2v) is 7.36. The summed E-state index contributed by atoms with van der Waals surface area (Å²) in [7, 11) is 0. The van der Waals surface area contributed by atoms with Gasteiger partial charge in [-0.3, -0.25) is 9.79 Å². The Kier molecular flexibility index (Phi) is 10.6. The first-order valence-corrected chi connectivity index (χ1v) is 9.22. The topological polar surface area (TPSA) is 85.8 Å². The Bertz CT molecular complexity index is 545. The number of thiophene rings is 1. The van der Waals surface area contributed by atoms with E-state index in [9.17, 15) is 9.90 Å². The van der Waals surface area contributed by atoms with Gasteiger partial charge in [-0.15, -0.1) is 24.0 Å². The Labute approximate surface area is 171 Å². The third-order valence-corrected chi connectivity index (χ3v) is 4.36. The van der Waals surface area contributed by atoms with Crippen LogP contribution < -0.4 is 16.0 Å². The number of nitrogens with zero attached hydrogens (tertiary/aromatic N) is 1. The van der Waals surface area contributed by atoms with Crippen molar-refractivity contribution in [3.8, 4) is 0 Å². The Morgan fingerprint density at radius 3 is 2.36 bits per heavy atom. The quantitative estimate of drug-likeness (QED) is 0.260. The van der Waals surface area contributed by atoms with Crippen molar-refractivity contribution in [2.45, 2.75) is 40.2 Å². The van der Waals surface area contributed by atoms with Crippen molar-refractivity contribution in [1.82, 2.24) is 16.0 Å². The molecule has 1 amide bonds. The number of nitrogens with one attached hydrogen (secondary N) is 3. The van der Waals surface area contributed by atoms with E-state index in [2.05, 4.69) is 20.9 Å². The van der Waals surface area contributed by atoms with Crippen molar-refractivity contribution >= 4 is 47.2 Å². The van der Waals surface area contributed by atoms with Crippen LogP contribution in [0.2, 0.25) is 0 Å². The molecule has 0 aliphatic heterocycles. The zero-order chi connectivity index (χ0) is 18.2. The molecule has 0 saturated heterocycles. The molecule has 0 aliphatic rings.